The molecule has 0 N–H and O–H groups in total. The van der Waals surface area contributed by atoms with Gasteiger partial charge in [0.2, 0.25) is 0 Å². The molecule has 0 saturated carbocycles. The van der Waals surface area contributed by atoms with Gasteiger partial charge in [-0.15, -0.1) is 11.7 Å². The maximum atomic E-state index is 4.21. The van der Waals surface area contributed by atoms with Gasteiger partial charge in [-0.1, -0.05) is 10.8 Å². The molecule has 1 atom stereocenters. The van der Waals surface area contributed by atoms with Crippen LogP contribution in [-0.2, 0) is 0 Å². The van der Waals surface area contributed by atoms with E-state index in [0.717, 1.165) is 13.1 Å². The lowest BCUT2D eigenvalue weighted by Crippen LogP contribution is -2.47. The molecule has 2 nitrogen and oxygen atoms in total. The number of hydrogen-bond donors (Lipinski definition) is 1. The van der Waals surface area contributed by atoms with E-state index in [0.29, 0.717) is 5.37 Å². The standard InChI is InChI=1S/C6H14N2S2/c1-7-3-4-8(2)6(5-7)10-9/h6,9H,3-5H2,1-2H3/t6-/m1/s1. The normalized spacial score (nSPS) is 30.9. The third-order valence-electron chi connectivity index (χ3n) is 1.92. The lowest BCUT2D eigenvalue weighted by atomic mass is 10.3. The van der Waals surface area contributed by atoms with Crippen LogP contribution in [-0.4, -0.2) is 48.9 Å². The molecular formula is C6H14N2S2. The van der Waals surface area contributed by atoms with Gasteiger partial charge < -0.3 is 4.90 Å². The van der Waals surface area contributed by atoms with E-state index in [2.05, 4.69) is 35.6 Å². The summed E-state index contributed by atoms with van der Waals surface area (Å²) in [6, 6.07) is 0. The van der Waals surface area contributed by atoms with Crippen LogP contribution in [0.1, 0.15) is 0 Å². The largest absolute Gasteiger partial charge is 0.303 e. The van der Waals surface area contributed by atoms with Gasteiger partial charge in [-0.2, -0.15) is 0 Å². The zero-order valence-electron chi connectivity index (χ0n) is 6.45. The van der Waals surface area contributed by atoms with E-state index in [1.165, 1.54) is 6.54 Å². The van der Waals surface area contributed by atoms with Crippen LogP contribution in [0.25, 0.3) is 0 Å². The predicted molar refractivity (Wildman–Crippen MR) is 50.5 cm³/mol. The molecule has 0 aromatic heterocycles. The maximum Gasteiger partial charge on any atom is 0.0786 e. The minimum absolute atomic E-state index is 0.571. The van der Waals surface area contributed by atoms with Gasteiger partial charge in [-0.05, 0) is 14.1 Å². The Balaban J connectivity index is 2.38. The first-order chi connectivity index (χ1) is 4.74. The Morgan fingerprint density at radius 1 is 1.40 bits per heavy atom. The van der Waals surface area contributed by atoms with Crippen LogP contribution in [0.5, 0.6) is 0 Å². The molecule has 1 heterocycles. The highest BCUT2D eigenvalue weighted by Crippen LogP contribution is 2.20. The molecule has 0 spiro atoms. The highest BCUT2D eigenvalue weighted by atomic mass is 33.1. The number of thiol groups is 1. The Hall–Kier alpha value is 0.620. The van der Waals surface area contributed by atoms with E-state index in [9.17, 15) is 0 Å². The number of hydrogen-bond acceptors (Lipinski definition) is 4. The Morgan fingerprint density at radius 2 is 2.10 bits per heavy atom. The predicted octanol–water partition coefficient (Wildman–Crippen LogP) is 0.768. The van der Waals surface area contributed by atoms with Crippen molar-refractivity contribution >= 4 is 22.5 Å². The molecule has 0 aromatic rings. The molecule has 0 bridgehead atoms. The molecule has 0 unspecified atom stereocenters. The van der Waals surface area contributed by atoms with E-state index in [-0.39, 0.29) is 0 Å². The molecule has 1 rings (SSSR count). The molecule has 10 heavy (non-hydrogen) atoms. The van der Waals surface area contributed by atoms with Crippen LogP contribution in [0.2, 0.25) is 0 Å². The number of likely N-dealkylation sites (N-methyl/N-ethyl adjacent to an activating group) is 2. The number of rotatable bonds is 1. The van der Waals surface area contributed by atoms with E-state index in [1.807, 2.05) is 0 Å². The second-order valence-electron chi connectivity index (χ2n) is 2.80. The summed E-state index contributed by atoms with van der Waals surface area (Å²) in [5, 5.41) is 0.571. The zero-order chi connectivity index (χ0) is 7.56. The van der Waals surface area contributed by atoms with Crippen molar-refractivity contribution in [3.05, 3.63) is 0 Å². The van der Waals surface area contributed by atoms with Gasteiger partial charge >= 0.3 is 0 Å². The second kappa shape index (κ2) is 3.85. The minimum atomic E-state index is 0.571. The summed E-state index contributed by atoms with van der Waals surface area (Å²) in [5.74, 6) is 0. The van der Waals surface area contributed by atoms with E-state index in [1.54, 1.807) is 10.8 Å². The van der Waals surface area contributed by atoms with Crippen LogP contribution in [0.4, 0.5) is 0 Å². The second-order valence-corrected chi connectivity index (χ2v) is 4.19. The van der Waals surface area contributed by atoms with Crippen molar-refractivity contribution in [3.63, 3.8) is 0 Å². The summed E-state index contributed by atoms with van der Waals surface area (Å²) >= 11 is 4.21. The van der Waals surface area contributed by atoms with Gasteiger partial charge in [0.15, 0.2) is 0 Å². The Labute approximate surface area is 71.8 Å². The lowest BCUT2D eigenvalue weighted by Gasteiger charge is -2.35. The van der Waals surface area contributed by atoms with Crippen molar-refractivity contribution in [2.24, 2.45) is 0 Å². The van der Waals surface area contributed by atoms with Gasteiger partial charge in [0.25, 0.3) is 0 Å². The molecule has 0 aliphatic carbocycles. The van der Waals surface area contributed by atoms with Crippen LogP contribution < -0.4 is 0 Å². The summed E-state index contributed by atoms with van der Waals surface area (Å²) in [5.41, 5.74) is 0. The SMILES string of the molecule is CN1CCN(C)[C@H](SS)C1. The summed E-state index contributed by atoms with van der Waals surface area (Å²) in [6.07, 6.45) is 0. The molecule has 0 radical (unpaired) electrons. The van der Waals surface area contributed by atoms with Gasteiger partial charge in [0, 0.05) is 19.6 Å². The highest BCUT2D eigenvalue weighted by molar-refractivity contribution is 8.68. The average molecular weight is 178 g/mol. The molecular weight excluding hydrogens is 164 g/mol. The van der Waals surface area contributed by atoms with Gasteiger partial charge in [0.1, 0.15) is 0 Å². The Kier molecular flexibility index (Phi) is 3.36. The fourth-order valence-electron chi connectivity index (χ4n) is 1.08. The fraction of sp³-hybridized carbons (Fsp3) is 1.00. The van der Waals surface area contributed by atoms with Crippen molar-refractivity contribution in [1.29, 1.82) is 0 Å². The maximum absolute atomic E-state index is 4.21. The highest BCUT2D eigenvalue weighted by Gasteiger charge is 2.20. The fourth-order valence-corrected chi connectivity index (χ4v) is 2.35. The summed E-state index contributed by atoms with van der Waals surface area (Å²) in [4.78, 5) is 4.69. The molecule has 1 aliphatic rings. The van der Waals surface area contributed by atoms with Crippen molar-refractivity contribution < 1.29 is 0 Å². The number of piperazine rings is 1. The van der Waals surface area contributed by atoms with Crippen LogP contribution in [0, 0.1) is 0 Å². The zero-order valence-corrected chi connectivity index (χ0v) is 8.16. The molecule has 0 amide bonds. The van der Waals surface area contributed by atoms with Crippen molar-refractivity contribution in [3.8, 4) is 0 Å². The lowest BCUT2D eigenvalue weighted by molar-refractivity contribution is 0.163. The monoisotopic (exact) mass is 178 g/mol. The molecule has 1 aliphatic heterocycles. The van der Waals surface area contributed by atoms with Crippen LogP contribution in [0.15, 0.2) is 0 Å². The van der Waals surface area contributed by atoms with E-state index >= 15 is 0 Å². The molecule has 1 fully saturated rings. The van der Waals surface area contributed by atoms with Gasteiger partial charge in [0.05, 0.1) is 5.37 Å². The smallest absolute Gasteiger partial charge is 0.0786 e. The van der Waals surface area contributed by atoms with Gasteiger partial charge in [-0.25, -0.2) is 0 Å². The topological polar surface area (TPSA) is 6.48 Å². The summed E-state index contributed by atoms with van der Waals surface area (Å²) < 4.78 is 0. The summed E-state index contributed by atoms with van der Waals surface area (Å²) in [6.45, 7) is 3.47. The molecule has 60 valence electrons. The third-order valence-corrected chi connectivity index (χ3v) is 3.40. The van der Waals surface area contributed by atoms with Crippen molar-refractivity contribution in [2.45, 2.75) is 5.37 Å². The Bertz CT molecular complexity index is 110. The molecule has 1 saturated heterocycles. The first-order valence-electron chi connectivity index (χ1n) is 3.43. The van der Waals surface area contributed by atoms with Crippen LogP contribution in [0.3, 0.4) is 0 Å². The quantitative estimate of drug-likeness (QED) is 0.468. The molecule has 0 aromatic carbocycles. The van der Waals surface area contributed by atoms with Crippen LogP contribution >= 0.6 is 22.5 Å². The first-order valence-corrected chi connectivity index (χ1v) is 5.36. The van der Waals surface area contributed by atoms with Crippen molar-refractivity contribution in [2.75, 3.05) is 33.7 Å². The van der Waals surface area contributed by atoms with Gasteiger partial charge in [-0.3, -0.25) is 4.90 Å². The molecule has 4 heteroatoms. The first kappa shape index (κ1) is 8.71. The summed E-state index contributed by atoms with van der Waals surface area (Å²) in [7, 11) is 5.95. The third kappa shape index (κ3) is 2.05. The van der Waals surface area contributed by atoms with E-state index in [4.69, 9.17) is 0 Å². The average Bonchev–Trinajstić information content (AvgIpc) is 1.94. The number of nitrogens with zero attached hydrogens (tertiary/aromatic N) is 2. The Morgan fingerprint density at radius 3 is 2.60 bits per heavy atom. The van der Waals surface area contributed by atoms with E-state index < -0.39 is 0 Å². The van der Waals surface area contributed by atoms with Crippen molar-refractivity contribution in [1.82, 2.24) is 9.80 Å². The minimum Gasteiger partial charge on any atom is -0.303 e.